The number of likely N-dealkylation sites (N-methyl/N-ethyl adjacent to an activating group) is 1. The van der Waals surface area contributed by atoms with Crippen LogP contribution >= 0.6 is 0 Å². The molecule has 1 heterocycles. The molecule has 2 rings (SSSR count). The number of hydrogen-bond donors (Lipinski definition) is 1. The molecule has 1 aliphatic heterocycles. The van der Waals surface area contributed by atoms with E-state index in [-0.39, 0.29) is 5.60 Å². The Morgan fingerprint density at radius 2 is 2.06 bits per heavy atom. The zero-order chi connectivity index (χ0) is 12.8. The highest BCUT2D eigenvalue weighted by molar-refractivity contribution is 4.90. The summed E-state index contributed by atoms with van der Waals surface area (Å²) in [5.41, 5.74) is 0.0929. The van der Waals surface area contributed by atoms with Gasteiger partial charge < -0.3 is 14.8 Å². The van der Waals surface area contributed by atoms with Crippen LogP contribution in [0, 0.1) is 5.92 Å². The molecule has 106 valence electrons. The minimum atomic E-state index is 0.0929. The van der Waals surface area contributed by atoms with Gasteiger partial charge in [-0.1, -0.05) is 26.7 Å². The Hall–Kier alpha value is -0.120. The average molecular weight is 255 g/mol. The van der Waals surface area contributed by atoms with Gasteiger partial charge in [-0.15, -0.1) is 0 Å². The summed E-state index contributed by atoms with van der Waals surface area (Å²) in [5.74, 6) is 0.803. The molecular formula is C15H29NO2. The highest BCUT2D eigenvalue weighted by Crippen LogP contribution is 2.36. The molecule has 1 aliphatic carbocycles. The molecule has 0 amide bonds. The Balaban J connectivity index is 1.94. The molecule has 0 aromatic heterocycles. The number of nitrogens with one attached hydrogen (secondary N) is 1. The van der Waals surface area contributed by atoms with Gasteiger partial charge >= 0.3 is 0 Å². The smallest absolute Gasteiger partial charge is 0.0812 e. The standard InChI is InChI=1S/C15H29NO2/c1-3-16-12-15(8-4-5-13(2)11-15)18-14-6-9-17-10-7-14/h13-14,16H,3-12H2,1-2H3. The van der Waals surface area contributed by atoms with E-state index in [0.29, 0.717) is 6.10 Å². The third kappa shape index (κ3) is 3.94. The highest BCUT2D eigenvalue weighted by atomic mass is 16.5. The van der Waals surface area contributed by atoms with Crippen LogP contribution in [-0.2, 0) is 9.47 Å². The maximum absolute atomic E-state index is 6.55. The van der Waals surface area contributed by atoms with Crippen LogP contribution in [0.15, 0.2) is 0 Å². The molecule has 2 atom stereocenters. The van der Waals surface area contributed by atoms with Crippen LogP contribution in [0.25, 0.3) is 0 Å². The van der Waals surface area contributed by atoms with Crippen LogP contribution in [0.5, 0.6) is 0 Å². The monoisotopic (exact) mass is 255 g/mol. The van der Waals surface area contributed by atoms with Gasteiger partial charge in [0.1, 0.15) is 0 Å². The molecule has 1 saturated heterocycles. The maximum atomic E-state index is 6.55. The van der Waals surface area contributed by atoms with Crippen molar-refractivity contribution in [3.8, 4) is 0 Å². The Morgan fingerprint density at radius 1 is 1.28 bits per heavy atom. The van der Waals surface area contributed by atoms with Crippen molar-refractivity contribution >= 4 is 0 Å². The Morgan fingerprint density at radius 3 is 2.72 bits per heavy atom. The maximum Gasteiger partial charge on any atom is 0.0812 e. The fourth-order valence-corrected chi connectivity index (χ4v) is 3.42. The van der Waals surface area contributed by atoms with Gasteiger partial charge in [-0.2, -0.15) is 0 Å². The molecule has 2 aliphatic rings. The third-order valence-corrected chi connectivity index (χ3v) is 4.33. The van der Waals surface area contributed by atoms with Crippen molar-refractivity contribution < 1.29 is 9.47 Å². The first-order valence-corrected chi connectivity index (χ1v) is 7.70. The zero-order valence-corrected chi connectivity index (χ0v) is 12.0. The van der Waals surface area contributed by atoms with Crippen LogP contribution in [0.2, 0.25) is 0 Å². The van der Waals surface area contributed by atoms with Gasteiger partial charge in [0.05, 0.1) is 11.7 Å². The quantitative estimate of drug-likeness (QED) is 0.819. The van der Waals surface area contributed by atoms with E-state index in [2.05, 4.69) is 19.2 Å². The van der Waals surface area contributed by atoms with E-state index >= 15 is 0 Å². The van der Waals surface area contributed by atoms with E-state index in [4.69, 9.17) is 9.47 Å². The molecule has 3 heteroatoms. The molecule has 0 spiro atoms. The van der Waals surface area contributed by atoms with Crippen LogP contribution in [0.1, 0.15) is 52.4 Å². The van der Waals surface area contributed by atoms with Crippen molar-refractivity contribution in [2.45, 2.75) is 64.1 Å². The predicted octanol–water partition coefficient (Wildman–Crippen LogP) is 2.74. The lowest BCUT2D eigenvalue weighted by atomic mass is 9.78. The van der Waals surface area contributed by atoms with Crippen LogP contribution in [0.3, 0.4) is 0 Å². The largest absolute Gasteiger partial charge is 0.381 e. The summed E-state index contributed by atoms with van der Waals surface area (Å²) in [6.45, 7) is 8.34. The second-order valence-electron chi connectivity index (χ2n) is 6.09. The van der Waals surface area contributed by atoms with E-state index in [1.54, 1.807) is 0 Å². The van der Waals surface area contributed by atoms with E-state index in [9.17, 15) is 0 Å². The van der Waals surface area contributed by atoms with E-state index in [1.165, 1.54) is 25.7 Å². The van der Waals surface area contributed by atoms with Crippen molar-refractivity contribution in [1.82, 2.24) is 5.32 Å². The minimum absolute atomic E-state index is 0.0929. The lowest BCUT2D eigenvalue weighted by molar-refractivity contribution is -0.145. The van der Waals surface area contributed by atoms with Gasteiger partial charge in [0, 0.05) is 19.8 Å². The van der Waals surface area contributed by atoms with E-state index in [0.717, 1.165) is 45.1 Å². The first kappa shape index (κ1) is 14.3. The third-order valence-electron chi connectivity index (χ3n) is 4.33. The van der Waals surface area contributed by atoms with Gasteiger partial charge in [0.2, 0.25) is 0 Å². The Bertz CT molecular complexity index is 241. The summed E-state index contributed by atoms with van der Waals surface area (Å²) in [6.07, 6.45) is 7.69. The summed E-state index contributed by atoms with van der Waals surface area (Å²) >= 11 is 0. The van der Waals surface area contributed by atoms with Crippen LogP contribution < -0.4 is 5.32 Å². The van der Waals surface area contributed by atoms with Gasteiger partial charge in [-0.3, -0.25) is 0 Å². The zero-order valence-electron chi connectivity index (χ0n) is 12.0. The molecule has 1 N–H and O–H groups in total. The second kappa shape index (κ2) is 6.88. The molecule has 1 saturated carbocycles. The van der Waals surface area contributed by atoms with Gasteiger partial charge in [-0.25, -0.2) is 0 Å². The molecule has 18 heavy (non-hydrogen) atoms. The first-order chi connectivity index (χ1) is 8.74. The summed E-state index contributed by atoms with van der Waals surface area (Å²) in [4.78, 5) is 0. The fraction of sp³-hybridized carbons (Fsp3) is 1.00. The molecular weight excluding hydrogens is 226 g/mol. The average Bonchev–Trinajstić information content (AvgIpc) is 2.38. The molecule has 0 radical (unpaired) electrons. The van der Waals surface area contributed by atoms with Crippen LogP contribution in [-0.4, -0.2) is 38.0 Å². The van der Waals surface area contributed by atoms with Crippen molar-refractivity contribution in [2.24, 2.45) is 5.92 Å². The van der Waals surface area contributed by atoms with Gasteiger partial charge in [0.25, 0.3) is 0 Å². The molecule has 0 bridgehead atoms. The molecule has 2 unspecified atom stereocenters. The van der Waals surface area contributed by atoms with E-state index < -0.39 is 0 Å². The SMILES string of the molecule is CCNCC1(OC2CCOCC2)CCCC(C)C1. The van der Waals surface area contributed by atoms with Crippen LogP contribution in [0.4, 0.5) is 0 Å². The van der Waals surface area contributed by atoms with Gasteiger partial charge in [-0.05, 0) is 38.1 Å². The first-order valence-electron chi connectivity index (χ1n) is 7.70. The minimum Gasteiger partial charge on any atom is -0.381 e. The van der Waals surface area contributed by atoms with Crippen molar-refractivity contribution in [3.05, 3.63) is 0 Å². The summed E-state index contributed by atoms with van der Waals surface area (Å²) in [6, 6.07) is 0. The summed E-state index contributed by atoms with van der Waals surface area (Å²) < 4.78 is 12.0. The molecule has 3 nitrogen and oxygen atoms in total. The Kier molecular flexibility index (Phi) is 5.46. The second-order valence-corrected chi connectivity index (χ2v) is 6.09. The Labute approximate surface area is 112 Å². The normalized spacial score (nSPS) is 34.7. The predicted molar refractivity (Wildman–Crippen MR) is 73.8 cm³/mol. The number of rotatable bonds is 5. The summed E-state index contributed by atoms with van der Waals surface area (Å²) in [7, 11) is 0. The highest BCUT2D eigenvalue weighted by Gasteiger charge is 2.37. The topological polar surface area (TPSA) is 30.5 Å². The number of hydrogen-bond acceptors (Lipinski definition) is 3. The molecule has 2 fully saturated rings. The van der Waals surface area contributed by atoms with Crippen molar-refractivity contribution in [3.63, 3.8) is 0 Å². The van der Waals surface area contributed by atoms with Crippen molar-refractivity contribution in [2.75, 3.05) is 26.3 Å². The summed E-state index contributed by atoms with van der Waals surface area (Å²) in [5, 5.41) is 3.51. The fourth-order valence-electron chi connectivity index (χ4n) is 3.42. The number of ether oxygens (including phenoxy) is 2. The lowest BCUT2D eigenvalue weighted by Crippen LogP contribution is -2.49. The molecule has 0 aromatic rings. The van der Waals surface area contributed by atoms with Crippen molar-refractivity contribution in [1.29, 1.82) is 0 Å². The lowest BCUT2D eigenvalue weighted by Gasteiger charge is -2.43. The van der Waals surface area contributed by atoms with Gasteiger partial charge in [0.15, 0.2) is 0 Å². The van der Waals surface area contributed by atoms with E-state index in [1.807, 2.05) is 0 Å². The molecule has 0 aromatic carbocycles.